The fraction of sp³-hybridized carbons (Fsp3) is 0.900. The maximum Gasteiger partial charge on any atom is 0.240 e. The lowest BCUT2D eigenvalue weighted by Crippen LogP contribution is -2.59. The zero-order valence-electron chi connectivity index (χ0n) is 8.42. The van der Waals surface area contributed by atoms with E-state index < -0.39 is 0 Å². The Hall–Kier alpha value is -0.570. The average Bonchev–Trinajstić information content (AvgIpc) is 2.52. The Morgan fingerprint density at radius 2 is 2.31 bits per heavy atom. The number of rotatable bonds is 1. The number of fused-ring (bicyclic) bond motifs is 1. The van der Waals surface area contributed by atoms with E-state index >= 15 is 0 Å². The van der Waals surface area contributed by atoms with Gasteiger partial charge in [-0.2, -0.15) is 0 Å². The highest BCUT2D eigenvalue weighted by Crippen LogP contribution is 2.22. The van der Waals surface area contributed by atoms with Gasteiger partial charge in [0, 0.05) is 19.1 Å². The summed E-state index contributed by atoms with van der Waals surface area (Å²) >= 11 is 0. The van der Waals surface area contributed by atoms with Crippen LogP contribution in [0.25, 0.3) is 0 Å². The summed E-state index contributed by atoms with van der Waals surface area (Å²) in [6, 6.07) is 0.553. The molecule has 0 spiro atoms. The number of carbonyl (C=O) groups excluding carboxylic acids is 1. The van der Waals surface area contributed by atoms with Crippen molar-refractivity contribution in [2.45, 2.75) is 38.8 Å². The summed E-state index contributed by atoms with van der Waals surface area (Å²) in [5, 5.41) is 3.35. The number of nitrogens with zero attached hydrogens (tertiary/aromatic N) is 1. The molecule has 2 aliphatic heterocycles. The van der Waals surface area contributed by atoms with Crippen molar-refractivity contribution in [2.75, 3.05) is 13.1 Å². The average molecular weight is 182 g/mol. The van der Waals surface area contributed by atoms with Crippen LogP contribution in [0.4, 0.5) is 0 Å². The fourth-order valence-electron chi connectivity index (χ4n) is 2.39. The number of hydrogen-bond donors (Lipinski definition) is 1. The van der Waals surface area contributed by atoms with E-state index in [4.69, 9.17) is 0 Å². The van der Waals surface area contributed by atoms with Crippen LogP contribution in [0.1, 0.15) is 26.7 Å². The molecule has 13 heavy (non-hydrogen) atoms. The van der Waals surface area contributed by atoms with Gasteiger partial charge in [-0.1, -0.05) is 13.8 Å². The Labute approximate surface area is 79.5 Å². The number of carbonyl (C=O) groups is 1. The molecule has 3 heteroatoms. The number of piperazine rings is 1. The molecule has 1 amide bonds. The van der Waals surface area contributed by atoms with Gasteiger partial charge in [-0.05, 0) is 18.8 Å². The van der Waals surface area contributed by atoms with E-state index in [1.807, 2.05) is 0 Å². The minimum absolute atomic E-state index is 0.0642. The first-order chi connectivity index (χ1) is 6.20. The molecule has 0 saturated carbocycles. The summed E-state index contributed by atoms with van der Waals surface area (Å²) in [6.07, 6.45) is 2.37. The zero-order chi connectivity index (χ0) is 9.42. The van der Waals surface area contributed by atoms with Gasteiger partial charge in [-0.3, -0.25) is 4.79 Å². The van der Waals surface area contributed by atoms with Crippen molar-refractivity contribution in [3.05, 3.63) is 0 Å². The van der Waals surface area contributed by atoms with E-state index in [1.165, 1.54) is 12.8 Å². The second kappa shape index (κ2) is 3.29. The summed E-state index contributed by atoms with van der Waals surface area (Å²) in [5.41, 5.74) is 0. The third-order valence-electron chi connectivity index (χ3n) is 3.17. The van der Waals surface area contributed by atoms with Crippen molar-refractivity contribution in [2.24, 2.45) is 5.92 Å². The van der Waals surface area contributed by atoms with Gasteiger partial charge in [0.2, 0.25) is 5.91 Å². The van der Waals surface area contributed by atoms with Crippen molar-refractivity contribution in [1.29, 1.82) is 0 Å². The summed E-state index contributed by atoms with van der Waals surface area (Å²) in [6.45, 7) is 6.18. The molecule has 2 saturated heterocycles. The minimum atomic E-state index is 0.0642. The van der Waals surface area contributed by atoms with Crippen LogP contribution in [-0.4, -0.2) is 36.0 Å². The van der Waals surface area contributed by atoms with Crippen LogP contribution in [0.2, 0.25) is 0 Å². The standard InChI is InChI=1S/C10H18N2O/c1-7(2)9-10(13)12-5-3-4-8(12)6-11-9/h7-9,11H,3-6H2,1-2H3/t8-,9+/m1/s1. The van der Waals surface area contributed by atoms with Gasteiger partial charge < -0.3 is 10.2 Å². The maximum atomic E-state index is 11.9. The van der Waals surface area contributed by atoms with E-state index in [2.05, 4.69) is 24.1 Å². The van der Waals surface area contributed by atoms with Gasteiger partial charge in [0.05, 0.1) is 6.04 Å². The molecule has 2 heterocycles. The van der Waals surface area contributed by atoms with E-state index in [0.29, 0.717) is 17.9 Å². The van der Waals surface area contributed by atoms with Crippen LogP contribution in [0, 0.1) is 5.92 Å². The maximum absolute atomic E-state index is 11.9. The van der Waals surface area contributed by atoms with Crippen LogP contribution < -0.4 is 5.32 Å². The van der Waals surface area contributed by atoms with Crippen molar-refractivity contribution in [3.63, 3.8) is 0 Å². The number of nitrogens with one attached hydrogen (secondary N) is 1. The highest BCUT2D eigenvalue weighted by molar-refractivity contribution is 5.83. The van der Waals surface area contributed by atoms with Gasteiger partial charge in [-0.15, -0.1) is 0 Å². The lowest BCUT2D eigenvalue weighted by Gasteiger charge is -2.37. The molecule has 2 atom stereocenters. The molecule has 0 radical (unpaired) electrons. The highest BCUT2D eigenvalue weighted by Gasteiger charge is 2.38. The van der Waals surface area contributed by atoms with E-state index in [-0.39, 0.29) is 6.04 Å². The highest BCUT2D eigenvalue weighted by atomic mass is 16.2. The second-order valence-corrected chi connectivity index (χ2v) is 4.46. The lowest BCUT2D eigenvalue weighted by atomic mass is 9.99. The van der Waals surface area contributed by atoms with Crippen molar-refractivity contribution in [1.82, 2.24) is 10.2 Å². The van der Waals surface area contributed by atoms with Crippen LogP contribution in [0.5, 0.6) is 0 Å². The minimum Gasteiger partial charge on any atom is -0.337 e. The molecular weight excluding hydrogens is 164 g/mol. The SMILES string of the molecule is CC(C)[C@@H]1NC[C@H]2CCCN2C1=O. The number of hydrogen-bond acceptors (Lipinski definition) is 2. The Bertz CT molecular complexity index is 211. The Kier molecular flexibility index (Phi) is 2.28. The second-order valence-electron chi connectivity index (χ2n) is 4.46. The van der Waals surface area contributed by atoms with Gasteiger partial charge in [-0.25, -0.2) is 0 Å². The topological polar surface area (TPSA) is 32.3 Å². The Morgan fingerprint density at radius 1 is 1.54 bits per heavy atom. The smallest absolute Gasteiger partial charge is 0.240 e. The molecule has 0 bridgehead atoms. The van der Waals surface area contributed by atoms with Crippen LogP contribution >= 0.6 is 0 Å². The molecule has 74 valence electrons. The summed E-state index contributed by atoms with van der Waals surface area (Å²) in [4.78, 5) is 14.0. The first-order valence-electron chi connectivity index (χ1n) is 5.24. The summed E-state index contributed by atoms with van der Waals surface area (Å²) < 4.78 is 0. The summed E-state index contributed by atoms with van der Waals surface area (Å²) in [5.74, 6) is 0.734. The van der Waals surface area contributed by atoms with E-state index in [1.54, 1.807) is 0 Å². The molecule has 2 aliphatic rings. The van der Waals surface area contributed by atoms with Crippen LogP contribution in [-0.2, 0) is 4.79 Å². The molecule has 0 aliphatic carbocycles. The van der Waals surface area contributed by atoms with Crippen LogP contribution in [0.3, 0.4) is 0 Å². The summed E-state index contributed by atoms with van der Waals surface area (Å²) in [7, 11) is 0. The predicted octanol–water partition coefficient (Wildman–Crippen LogP) is 0.605. The molecule has 2 rings (SSSR count). The zero-order valence-corrected chi connectivity index (χ0v) is 8.42. The molecule has 2 fully saturated rings. The van der Waals surface area contributed by atoms with E-state index in [9.17, 15) is 4.79 Å². The molecule has 0 aromatic carbocycles. The molecular formula is C10H18N2O. The molecule has 0 unspecified atom stereocenters. The monoisotopic (exact) mass is 182 g/mol. The molecule has 0 aromatic heterocycles. The largest absolute Gasteiger partial charge is 0.337 e. The third-order valence-corrected chi connectivity index (χ3v) is 3.17. The van der Waals surface area contributed by atoms with Crippen LogP contribution in [0.15, 0.2) is 0 Å². The first kappa shape index (κ1) is 9.00. The normalized spacial score (nSPS) is 34.1. The molecule has 1 N–H and O–H groups in total. The van der Waals surface area contributed by atoms with Gasteiger partial charge in [0.1, 0.15) is 0 Å². The number of amides is 1. The Morgan fingerprint density at radius 3 is 3.00 bits per heavy atom. The van der Waals surface area contributed by atoms with Gasteiger partial charge >= 0.3 is 0 Å². The molecule has 0 aromatic rings. The predicted molar refractivity (Wildman–Crippen MR) is 51.4 cm³/mol. The van der Waals surface area contributed by atoms with Crippen molar-refractivity contribution < 1.29 is 4.79 Å². The molecule has 3 nitrogen and oxygen atoms in total. The fourth-order valence-corrected chi connectivity index (χ4v) is 2.39. The van der Waals surface area contributed by atoms with Crippen molar-refractivity contribution >= 4 is 5.91 Å². The third kappa shape index (κ3) is 1.46. The van der Waals surface area contributed by atoms with Crippen molar-refractivity contribution in [3.8, 4) is 0 Å². The van der Waals surface area contributed by atoms with E-state index in [0.717, 1.165) is 13.1 Å². The lowest BCUT2D eigenvalue weighted by molar-refractivity contribution is -0.138. The quantitative estimate of drug-likeness (QED) is 0.644. The first-order valence-corrected chi connectivity index (χ1v) is 5.24. The Balaban J connectivity index is 2.09. The van der Waals surface area contributed by atoms with Gasteiger partial charge in [0.15, 0.2) is 0 Å². The van der Waals surface area contributed by atoms with Gasteiger partial charge in [0.25, 0.3) is 0 Å².